The third-order valence-corrected chi connectivity index (χ3v) is 5.35. The first-order valence-electron chi connectivity index (χ1n) is 6.30. The molecular weight excluding hydrogens is 338 g/mol. The fourth-order valence-corrected chi connectivity index (χ4v) is 4.14. The lowest BCUT2D eigenvalue weighted by Gasteiger charge is -2.21. The number of nitrogens with zero attached hydrogens (tertiary/aromatic N) is 5. The lowest BCUT2D eigenvalue weighted by molar-refractivity contribution is 0.557. The number of benzene rings is 1. The monoisotopic (exact) mass is 353 g/mol. The minimum Gasteiger partial charge on any atom is -0.227 e. The van der Waals surface area contributed by atoms with Gasteiger partial charge in [-0.2, -0.15) is 9.52 Å². The Bertz CT molecular complexity index is 642. The Hall–Kier alpha value is -1.21. The Morgan fingerprint density at radius 2 is 1.80 bits per heavy atom. The molecule has 0 spiro atoms. The van der Waals surface area contributed by atoms with Crippen molar-refractivity contribution in [1.29, 1.82) is 0 Å². The van der Waals surface area contributed by atoms with Crippen molar-refractivity contribution in [3.05, 3.63) is 28.7 Å². The maximum Gasteiger partial charge on any atom is 0.177 e. The molecule has 106 valence electrons. The van der Waals surface area contributed by atoms with E-state index in [0.717, 1.165) is 20.9 Å². The second-order valence-corrected chi connectivity index (χ2v) is 8.38. The van der Waals surface area contributed by atoms with Gasteiger partial charge in [0.05, 0.1) is 16.5 Å². The van der Waals surface area contributed by atoms with Crippen LogP contribution >= 0.6 is 26.8 Å². The summed E-state index contributed by atoms with van der Waals surface area (Å²) in [6.45, 7) is 6.45. The number of halogens is 1. The van der Waals surface area contributed by atoms with Crippen LogP contribution in [-0.4, -0.2) is 22.2 Å². The first-order valence-corrected chi connectivity index (χ1v) is 8.23. The van der Waals surface area contributed by atoms with Crippen molar-refractivity contribution < 1.29 is 0 Å². The van der Waals surface area contributed by atoms with Gasteiger partial charge < -0.3 is 0 Å². The van der Waals surface area contributed by atoms with E-state index < -0.39 is 0 Å². The minimum absolute atomic E-state index is 0.0277. The standard InChI is InChI=1S/C13H16BrN5S/c1-13(2,3)11-12-15-17-19(20(12)18(4)16-11)10-7-5-9(14)6-8-10/h5-8H,1-4H3. The second kappa shape index (κ2) is 4.66. The summed E-state index contributed by atoms with van der Waals surface area (Å²) in [7, 11) is 1.62. The van der Waals surface area contributed by atoms with E-state index in [9.17, 15) is 0 Å². The summed E-state index contributed by atoms with van der Waals surface area (Å²) in [4.78, 5) is 0.975. The van der Waals surface area contributed by atoms with Crippen LogP contribution in [0.15, 0.2) is 44.2 Å². The summed E-state index contributed by atoms with van der Waals surface area (Å²) in [5.74, 6) is 0. The van der Waals surface area contributed by atoms with E-state index in [4.69, 9.17) is 0 Å². The zero-order valence-electron chi connectivity index (χ0n) is 11.8. The van der Waals surface area contributed by atoms with E-state index in [1.165, 1.54) is 0 Å². The molecule has 1 aromatic carbocycles. The summed E-state index contributed by atoms with van der Waals surface area (Å²) < 4.78 is 4.94. The average molecular weight is 354 g/mol. The molecule has 0 saturated carbocycles. The highest BCUT2D eigenvalue weighted by Gasteiger charge is 2.38. The highest BCUT2D eigenvalue weighted by molar-refractivity contribution is 9.10. The Balaban J connectivity index is 2.00. The van der Waals surface area contributed by atoms with Crippen LogP contribution in [0.1, 0.15) is 20.8 Å². The molecule has 1 aromatic rings. The molecule has 0 saturated heterocycles. The number of hydrogen-bond donors (Lipinski definition) is 0. The number of rotatable bonds is 1. The fraction of sp³-hybridized carbons (Fsp3) is 0.385. The van der Waals surface area contributed by atoms with E-state index in [2.05, 4.69) is 52.1 Å². The molecule has 1 atom stereocenters. The van der Waals surface area contributed by atoms with E-state index in [0.29, 0.717) is 0 Å². The van der Waals surface area contributed by atoms with Crippen LogP contribution < -0.4 is 4.41 Å². The van der Waals surface area contributed by atoms with Crippen LogP contribution in [0.2, 0.25) is 0 Å². The molecule has 0 N–H and O–H groups in total. The second-order valence-electron chi connectivity index (χ2n) is 5.67. The van der Waals surface area contributed by atoms with E-state index in [-0.39, 0.29) is 16.3 Å². The third kappa shape index (κ3) is 2.18. The van der Waals surface area contributed by atoms with E-state index >= 15 is 0 Å². The Morgan fingerprint density at radius 3 is 2.40 bits per heavy atom. The van der Waals surface area contributed by atoms with Crippen LogP contribution in [0.25, 0.3) is 0 Å². The van der Waals surface area contributed by atoms with Crippen LogP contribution in [0.3, 0.4) is 0 Å². The molecule has 0 aromatic heterocycles. The van der Waals surface area contributed by atoms with E-state index in [1.54, 1.807) is 0 Å². The number of hydrogen-bond acceptors (Lipinski definition) is 5. The van der Waals surface area contributed by atoms with Crippen LogP contribution in [0, 0.1) is 5.41 Å². The summed E-state index contributed by atoms with van der Waals surface area (Å²) in [6.07, 6.45) is 0. The molecule has 0 radical (unpaired) electrons. The summed E-state index contributed by atoms with van der Waals surface area (Å²) in [5.41, 5.74) is 2.01. The Labute approximate surface area is 129 Å². The molecule has 0 aliphatic carbocycles. The third-order valence-electron chi connectivity index (χ3n) is 3.01. The van der Waals surface area contributed by atoms with Gasteiger partial charge in [0, 0.05) is 16.9 Å². The lowest BCUT2D eigenvalue weighted by atomic mass is 9.90. The van der Waals surface area contributed by atoms with Crippen molar-refractivity contribution in [2.24, 2.45) is 20.9 Å². The molecule has 2 heterocycles. The normalized spacial score (nSPS) is 21.6. The van der Waals surface area contributed by atoms with Crippen molar-refractivity contribution in [2.75, 3.05) is 11.5 Å². The van der Waals surface area contributed by atoms with Gasteiger partial charge in [0.2, 0.25) is 0 Å². The molecule has 20 heavy (non-hydrogen) atoms. The largest absolute Gasteiger partial charge is 0.227 e. The molecule has 1 unspecified atom stereocenters. The Morgan fingerprint density at radius 1 is 1.15 bits per heavy atom. The topological polar surface area (TPSA) is 43.6 Å². The number of hydrazone groups is 1. The van der Waals surface area contributed by atoms with Crippen molar-refractivity contribution >= 4 is 43.2 Å². The average Bonchev–Trinajstić information content (AvgIpc) is 2.91. The van der Waals surface area contributed by atoms with Gasteiger partial charge in [-0.1, -0.05) is 41.9 Å². The number of anilines is 1. The van der Waals surface area contributed by atoms with Crippen molar-refractivity contribution in [1.82, 2.24) is 4.41 Å². The van der Waals surface area contributed by atoms with Gasteiger partial charge >= 0.3 is 0 Å². The zero-order chi connectivity index (χ0) is 14.5. The molecule has 2 aliphatic heterocycles. The molecule has 7 heteroatoms. The maximum absolute atomic E-state index is 4.66. The van der Waals surface area contributed by atoms with Crippen LogP contribution in [0.4, 0.5) is 5.69 Å². The van der Waals surface area contributed by atoms with Crippen LogP contribution in [0.5, 0.6) is 0 Å². The lowest BCUT2D eigenvalue weighted by Crippen LogP contribution is -2.25. The van der Waals surface area contributed by atoms with Gasteiger partial charge in [0.1, 0.15) is 5.71 Å². The highest BCUT2D eigenvalue weighted by atomic mass is 79.9. The van der Waals surface area contributed by atoms with Crippen molar-refractivity contribution in [3.8, 4) is 0 Å². The Kier molecular flexibility index (Phi) is 3.21. The smallest absolute Gasteiger partial charge is 0.177 e. The maximum atomic E-state index is 4.66. The molecule has 0 fully saturated rings. The van der Waals surface area contributed by atoms with Gasteiger partial charge in [0.15, 0.2) is 4.99 Å². The predicted octanol–water partition coefficient (Wildman–Crippen LogP) is 4.21. The predicted molar refractivity (Wildman–Crippen MR) is 88.7 cm³/mol. The SMILES string of the molecule is CN1N=C(C(C)(C)C)C2=S1N(c1ccc(Br)cc1)N=N2. The molecule has 0 amide bonds. The summed E-state index contributed by atoms with van der Waals surface area (Å²) >= 11 is 3.45. The summed E-state index contributed by atoms with van der Waals surface area (Å²) in [5, 5.41) is 13.4. The molecular formula is C13H16BrN5S. The minimum atomic E-state index is -0.354. The molecule has 0 bridgehead atoms. The summed E-state index contributed by atoms with van der Waals surface area (Å²) in [6, 6.07) is 8.07. The van der Waals surface area contributed by atoms with Crippen molar-refractivity contribution in [3.63, 3.8) is 0 Å². The quantitative estimate of drug-likeness (QED) is 0.709. The molecule has 2 aliphatic rings. The van der Waals surface area contributed by atoms with Gasteiger partial charge in [-0.05, 0) is 24.3 Å². The molecule has 3 rings (SSSR count). The fourth-order valence-electron chi connectivity index (χ4n) is 2.02. The highest BCUT2D eigenvalue weighted by Crippen LogP contribution is 2.42. The van der Waals surface area contributed by atoms with Gasteiger partial charge in [-0.25, -0.2) is 4.41 Å². The first-order chi connectivity index (χ1) is 9.38. The molecule has 5 nitrogen and oxygen atoms in total. The van der Waals surface area contributed by atoms with Gasteiger partial charge in [-0.3, -0.25) is 0 Å². The van der Waals surface area contributed by atoms with Gasteiger partial charge in [0.25, 0.3) is 0 Å². The zero-order valence-corrected chi connectivity index (χ0v) is 14.2. The van der Waals surface area contributed by atoms with E-state index in [1.807, 2.05) is 40.1 Å². The van der Waals surface area contributed by atoms with Gasteiger partial charge in [-0.15, -0.1) is 5.11 Å². The van der Waals surface area contributed by atoms with Crippen LogP contribution in [-0.2, 0) is 0 Å². The van der Waals surface area contributed by atoms with Crippen molar-refractivity contribution in [2.45, 2.75) is 20.8 Å². The first kappa shape index (κ1) is 13.8.